The van der Waals surface area contributed by atoms with Gasteiger partial charge < -0.3 is 16.2 Å². The summed E-state index contributed by atoms with van der Waals surface area (Å²) in [6.45, 7) is 1.73. The molecule has 7 heteroatoms. The third-order valence-electron chi connectivity index (χ3n) is 2.14. The Bertz CT molecular complexity index is 507. The normalized spacial score (nSPS) is 9.61. The number of benzene rings is 1. The summed E-state index contributed by atoms with van der Waals surface area (Å²) in [5.41, 5.74) is 10.4. The van der Waals surface area contributed by atoms with E-state index in [0.717, 1.165) is 0 Å². The average Bonchev–Trinajstić information content (AvgIpc) is 2.29. The van der Waals surface area contributed by atoms with Crippen LogP contribution in [0, 0.1) is 10.1 Å². The Morgan fingerprint density at radius 1 is 1.39 bits per heavy atom. The molecule has 1 aromatic carbocycles. The van der Waals surface area contributed by atoms with E-state index in [2.05, 4.69) is 0 Å². The minimum absolute atomic E-state index is 0.0425. The summed E-state index contributed by atoms with van der Waals surface area (Å²) in [6, 6.07) is 5.68. The van der Waals surface area contributed by atoms with E-state index >= 15 is 0 Å². The third kappa shape index (κ3) is 2.76. The van der Waals surface area contributed by atoms with Crippen LogP contribution in [0.1, 0.15) is 12.5 Å². The maximum atomic E-state index is 11.7. The molecule has 0 unspecified atom stereocenters. The van der Waals surface area contributed by atoms with E-state index in [9.17, 15) is 14.9 Å². The van der Waals surface area contributed by atoms with E-state index in [4.69, 9.17) is 16.2 Å². The van der Waals surface area contributed by atoms with Gasteiger partial charge in [-0.25, -0.2) is 4.79 Å². The van der Waals surface area contributed by atoms with Gasteiger partial charge in [0.15, 0.2) is 0 Å². The zero-order chi connectivity index (χ0) is 13.7. The third-order valence-corrected chi connectivity index (χ3v) is 2.14. The number of esters is 1. The molecule has 0 aliphatic heterocycles. The van der Waals surface area contributed by atoms with Crippen molar-refractivity contribution in [2.24, 2.45) is 11.5 Å². The first-order valence-electron chi connectivity index (χ1n) is 5.15. The summed E-state index contributed by atoms with van der Waals surface area (Å²) in [6.07, 6.45) is 0. The van der Waals surface area contributed by atoms with Gasteiger partial charge in [-0.15, -0.1) is 0 Å². The van der Waals surface area contributed by atoms with E-state index in [-0.39, 0.29) is 29.3 Å². The summed E-state index contributed by atoms with van der Waals surface area (Å²) in [4.78, 5) is 22.0. The van der Waals surface area contributed by atoms with Crippen molar-refractivity contribution in [1.82, 2.24) is 0 Å². The quantitative estimate of drug-likeness (QED) is 0.352. The van der Waals surface area contributed by atoms with Gasteiger partial charge in [0.05, 0.1) is 17.1 Å². The fourth-order valence-corrected chi connectivity index (χ4v) is 1.43. The highest BCUT2D eigenvalue weighted by atomic mass is 16.6. The second-order valence-corrected chi connectivity index (χ2v) is 3.33. The first kappa shape index (κ1) is 13.5. The van der Waals surface area contributed by atoms with Crippen molar-refractivity contribution in [3.05, 3.63) is 45.8 Å². The van der Waals surface area contributed by atoms with Crippen LogP contribution in [0.3, 0.4) is 0 Å². The Morgan fingerprint density at radius 3 is 2.50 bits per heavy atom. The van der Waals surface area contributed by atoms with Crippen LogP contribution in [0.5, 0.6) is 0 Å². The fraction of sp³-hybridized carbons (Fsp3) is 0.182. The van der Waals surface area contributed by atoms with Crippen molar-refractivity contribution in [1.29, 1.82) is 0 Å². The smallest absolute Gasteiger partial charge is 0.342 e. The zero-order valence-electron chi connectivity index (χ0n) is 9.75. The number of nitro benzene ring substituents is 1. The molecule has 0 aliphatic rings. The molecular weight excluding hydrogens is 238 g/mol. The van der Waals surface area contributed by atoms with Crippen molar-refractivity contribution < 1.29 is 14.5 Å². The monoisotopic (exact) mass is 251 g/mol. The molecule has 0 aliphatic carbocycles. The predicted octanol–water partition coefficient (Wildman–Crippen LogP) is 0.744. The summed E-state index contributed by atoms with van der Waals surface area (Å²) < 4.78 is 4.78. The molecule has 4 N–H and O–H groups in total. The average molecular weight is 251 g/mol. The molecule has 0 radical (unpaired) electrons. The van der Waals surface area contributed by atoms with Crippen molar-refractivity contribution >= 4 is 17.2 Å². The lowest BCUT2D eigenvalue weighted by Crippen LogP contribution is -2.19. The first-order valence-corrected chi connectivity index (χ1v) is 5.15. The van der Waals surface area contributed by atoms with Crippen LogP contribution in [-0.4, -0.2) is 17.5 Å². The molecule has 0 heterocycles. The summed E-state index contributed by atoms with van der Waals surface area (Å²) in [5, 5.41) is 10.9. The molecule has 1 aromatic rings. The molecule has 0 atom stereocenters. The largest absolute Gasteiger partial charge is 0.462 e. The lowest BCUT2D eigenvalue weighted by atomic mass is 10.0. The van der Waals surface area contributed by atoms with Gasteiger partial charge in [0.2, 0.25) is 0 Å². The Balaban J connectivity index is 3.37. The van der Waals surface area contributed by atoms with Crippen LogP contribution in [0.25, 0.3) is 5.57 Å². The van der Waals surface area contributed by atoms with Crippen LogP contribution < -0.4 is 11.5 Å². The Morgan fingerprint density at radius 2 is 2.00 bits per heavy atom. The van der Waals surface area contributed by atoms with Crippen molar-refractivity contribution in [3.63, 3.8) is 0 Å². The van der Waals surface area contributed by atoms with E-state index in [1.54, 1.807) is 13.0 Å². The van der Waals surface area contributed by atoms with Crippen LogP contribution in [0.2, 0.25) is 0 Å². The molecule has 18 heavy (non-hydrogen) atoms. The van der Waals surface area contributed by atoms with Crippen LogP contribution in [-0.2, 0) is 9.53 Å². The van der Waals surface area contributed by atoms with Gasteiger partial charge in [0.25, 0.3) is 5.69 Å². The molecule has 0 amide bonds. The van der Waals surface area contributed by atoms with Crippen LogP contribution in [0.15, 0.2) is 30.1 Å². The summed E-state index contributed by atoms with van der Waals surface area (Å²) in [5.74, 6) is -1.10. The maximum Gasteiger partial charge on any atom is 0.342 e. The van der Waals surface area contributed by atoms with Crippen molar-refractivity contribution in [3.8, 4) is 0 Å². The van der Waals surface area contributed by atoms with Crippen LogP contribution >= 0.6 is 0 Å². The number of para-hydroxylation sites is 1. The van der Waals surface area contributed by atoms with E-state index in [1.807, 2.05) is 0 Å². The van der Waals surface area contributed by atoms with Gasteiger partial charge in [-0.3, -0.25) is 10.1 Å². The molecule has 0 bridgehead atoms. The fourth-order valence-electron chi connectivity index (χ4n) is 1.43. The Hall–Kier alpha value is -2.57. The van der Waals surface area contributed by atoms with Gasteiger partial charge in [0, 0.05) is 6.07 Å². The molecule has 0 fully saturated rings. The number of carbonyl (C=O) groups is 1. The number of rotatable bonds is 4. The molecule has 0 saturated heterocycles. The van der Waals surface area contributed by atoms with E-state index in [0.29, 0.717) is 0 Å². The van der Waals surface area contributed by atoms with Crippen molar-refractivity contribution in [2.75, 3.05) is 6.61 Å². The number of carbonyl (C=O) groups excluding carboxylic acids is 1. The highest BCUT2D eigenvalue weighted by Gasteiger charge is 2.24. The van der Waals surface area contributed by atoms with E-state index < -0.39 is 10.9 Å². The SMILES string of the molecule is CCOC(=O)C(=C(N)N)c1ccccc1[N+](=O)[O-]. The Labute approximate surface area is 103 Å². The number of nitrogens with two attached hydrogens (primary N) is 2. The molecule has 0 spiro atoms. The van der Waals surface area contributed by atoms with Gasteiger partial charge in [0.1, 0.15) is 11.4 Å². The van der Waals surface area contributed by atoms with Gasteiger partial charge in [-0.05, 0) is 13.0 Å². The Kier molecular flexibility index (Phi) is 4.25. The predicted molar refractivity (Wildman–Crippen MR) is 65.0 cm³/mol. The number of ether oxygens (including phenoxy) is 1. The zero-order valence-corrected chi connectivity index (χ0v) is 9.75. The van der Waals surface area contributed by atoms with Crippen LogP contribution in [0.4, 0.5) is 5.69 Å². The maximum absolute atomic E-state index is 11.7. The number of hydrogen-bond donors (Lipinski definition) is 2. The number of hydrogen-bond acceptors (Lipinski definition) is 6. The summed E-state index contributed by atoms with van der Waals surface area (Å²) in [7, 11) is 0. The van der Waals surface area contributed by atoms with E-state index in [1.165, 1.54) is 18.2 Å². The van der Waals surface area contributed by atoms with Gasteiger partial charge in [-0.1, -0.05) is 12.1 Å². The molecule has 7 nitrogen and oxygen atoms in total. The first-order chi connectivity index (χ1) is 8.49. The topological polar surface area (TPSA) is 121 Å². The molecule has 96 valence electrons. The number of nitro groups is 1. The molecular formula is C11H13N3O4. The van der Waals surface area contributed by atoms with Crippen molar-refractivity contribution in [2.45, 2.75) is 6.92 Å². The standard InChI is InChI=1S/C11H13N3O4/c1-2-18-11(15)9(10(12)13)7-5-3-4-6-8(7)14(16)17/h3-6H,2,12-13H2,1H3. The minimum atomic E-state index is -0.785. The number of nitrogens with zero attached hydrogens (tertiary/aromatic N) is 1. The van der Waals surface area contributed by atoms with Gasteiger partial charge >= 0.3 is 5.97 Å². The minimum Gasteiger partial charge on any atom is -0.462 e. The second kappa shape index (κ2) is 5.67. The highest BCUT2D eigenvalue weighted by molar-refractivity contribution is 6.18. The lowest BCUT2D eigenvalue weighted by molar-refractivity contribution is -0.385. The van der Waals surface area contributed by atoms with Gasteiger partial charge in [-0.2, -0.15) is 0 Å². The highest BCUT2D eigenvalue weighted by Crippen LogP contribution is 2.26. The molecule has 0 saturated carbocycles. The second-order valence-electron chi connectivity index (χ2n) is 3.33. The molecule has 0 aromatic heterocycles. The molecule has 1 rings (SSSR count). The summed E-state index contributed by atoms with van der Waals surface area (Å²) >= 11 is 0. The lowest BCUT2D eigenvalue weighted by Gasteiger charge is -2.09.